The number of hydrogen-bond donors (Lipinski definition) is 0. The van der Waals surface area contributed by atoms with Gasteiger partial charge in [0.2, 0.25) is 10.0 Å². The number of sulfonamides is 1. The van der Waals surface area contributed by atoms with Crippen molar-refractivity contribution in [3.8, 4) is 11.4 Å². The molecule has 0 N–H and O–H groups in total. The van der Waals surface area contributed by atoms with E-state index in [2.05, 4.69) is 0 Å². The van der Waals surface area contributed by atoms with Crippen molar-refractivity contribution in [3.05, 3.63) is 76.1 Å². The first-order valence-corrected chi connectivity index (χ1v) is 13.5. The van der Waals surface area contributed by atoms with Crippen molar-refractivity contribution < 1.29 is 21.6 Å². The normalized spacial score (nSPS) is 18.0. The zero-order valence-corrected chi connectivity index (χ0v) is 19.2. The van der Waals surface area contributed by atoms with E-state index in [1.54, 1.807) is 36.5 Å². The predicted molar refractivity (Wildman–Crippen MR) is 121 cm³/mol. The van der Waals surface area contributed by atoms with Crippen LogP contribution in [0.5, 0.6) is 5.75 Å². The number of sulfone groups is 1. The minimum Gasteiger partial charge on any atom is -0.490 e. The molecule has 0 saturated carbocycles. The number of benzene rings is 1. The maximum Gasteiger partial charge on any atom is 0.258 e. The number of ether oxygens (including phenoxy) is 1. The zero-order chi connectivity index (χ0) is 22.9. The molecule has 0 amide bonds. The molecule has 1 aromatic carbocycles. The number of aromatic nitrogens is 1. The van der Waals surface area contributed by atoms with Crippen molar-refractivity contribution >= 4 is 19.9 Å². The minimum atomic E-state index is -3.45. The molecule has 2 aliphatic rings. The predicted octanol–water partition coefficient (Wildman–Crippen LogP) is 2.26. The second-order valence-corrected chi connectivity index (χ2v) is 11.8. The van der Waals surface area contributed by atoms with Crippen LogP contribution in [0.25, 0.3) is 5.69 Å². The molecule has 1 aliphatic heterocycles. The average Bonchev–Trinajstić information content (AvgIpc) is 3.30. The number of hydrogen-bond acceptors (Lipinski definition) is 6. The Morgan fingerprint density at radius 2 is 1.69 bits per heavy atom. The van der Waals surface area contributed by atoms with Gasteiger partial charge in [-0.1, -0.05) is 12.2 Å². The monoisotopic (exact) mass is 476 g/mol. The molecule has 2 heterocycles. The first kappa shape index (κ1) is 22.5. The standard InChI is InChI=1S/C22H24N2O6S2/c1-31(26,27)20-8-6-17(7-9-20)24-15-12-19(16-22(24)25)30-18-10-13-23(14-11-18)32(28,29)21-4-2-3-5-21/h2,4-9,12,15-16,18H,3,10-11,13-14H2,1H3. The van der Waals surface area contributed by atoms with Gasteiger partial charge >= 0.3 is 0 Å². The summed E-state index contributed by atoms with van der Waals surface area (Å²) in [5.41, 5.74) is 0.234. The van der Waals surface area contributed by atoms with Gasteiger partial charge in [-0.25, -0.2) is 16.8 Å². The summed E-state index contributed by atoms with van der Waals surface area (Å²) in [6.07, 6.45) is 9.40. The van der Waals surface area contributed by atoms with Crippen LogP contribution in [0.4, 0.5) is 0 Å². The van der Waals surface area contributed by atoms with Crippen molar-refractivity contribution in [2.75, 3.05) is 19.3 Å². The first-order valence-electron chi connectivity index (χ1n) is 10.2. The summed E-state index contributed by atoms with van der Waals surface area (Å²) in [5, 5.41) is 0. The van der Waals surface area contributed by atoms with Gasteiger partial charge in [0.15, 0.2) is 9.84 Å². The number of allylic oxidation sites excluding steroid dienone is 3. The van der Waals surface area contributed by atoms with Crippen LogP contribution >= 0.6 is 0 Å². The Bertz CT molecular complexity index is 1330. The van der Waals surface area contributed by atoms with E-state index < -0.39 is 19.9 Å². The largest absolute Gasteiger partial charge is 0.490 e. The second kappa shape index (κ2) is 8.68. The molecule has 4 rings (SSSR count). The molecule has 1 aromatic heterocycles. The number of piperidine rings is 1. The van der Waals surface area contributed by atoms with E-state index in [1.165, 1.54) is 27.1 Å². The fraction of sp³-hybridized carbons (Fsp3) is 0.318. The summed E-state index contributed by atoms with van der Waals surface area (Å²) in [7, 11) is -6.76. The van der Waals surface area contributed by atoms with Crippen LogP contribution in [0.1, 0.15) is 19.3 Å². The minimum absolute atomic E-state index is 0.182. The van der Waals surface area contributed by atoms with E-state index >= 15 is 0 Å². The van der Waals surface area contributed by atoms with E-state index in [0.717, 1.165) is 6.26 Å². The Morgan fingerprint density at radius 1 is 1.00 bits per heavy atom. The van der Waals surface area contributed by atoms with Crippen molar-refractivity contribution in [1.29, 1.82) is 0 Å². The summed E-state index contributed by atoms with van der Waals surface area (Å²) < 4.78 is 57.3. The second-order valence-electron chi connectivity index (χ2n) is 7.80. The summed E-state index contributed by atoms with van der Waals surface area (Å²) in [4.78, 5) is 13.1. The SMILES string of the molecule is CS(=O)(=O)c1ccc(-n2ccc(OC3CCN(S(=O)(=O)C4=CCC=C4)CC3)cc2=O)cc1. The van der Waals surface area contributed by atoms with E-state index in [4.69, 9.17) is 4.74 Å². The van der Waals surface area contributed by atoms with Crippen molar-refractivity contribution in [3.63, 3.8) is 0 Å². The van der Waals surface area contributed by atoms with Crippen LogP contribution in [-0.4, -0.2) is 51.2 Å². The number of rotatable bonds is 6. The van der Waals surface area contributed by atoms with Gasteiger partial charge in [-0.05, 0) is 55.7 Å². The Balaban J connectivity index is 1.40. The lowest BCUT2D eigenvalue weighted by Gasteiger charge is -2.31. The molecule has 0 spiro atoms. The van der Waals surface area contributed by atoms with Crippen LogP contribution < -0.4 is 10.3 Å². The Kier molecular flexibility index (Phi) is 6.11. The zero-order valence-electron chi connectivity index (χ0n) is 17.5. The number of pyridine rings is 1. The maximum atomic E-state index is 12.6. The molecule has 1 fully saturated rings. The van der Waals surface area contributed by atoms with Gasteiger partial charge in [0, 0.05) is 37.3 Å². The highest BCUT2D eigenvalue weighted by molar-refractivity contribution is 7.93. The lowest BCUT2D eigenvalue weighted by Crippen LogP contribution is -2.42. The molecule has 0 radical (unpaired) electrons. The summed E-state index contributed by atoms with van der Waals surface area (Å²) in [6, 6.07) is 9.11. The molecule has 0 unspecified atom stereocenters. The third-order valence-corrected chi connectivity index (χ3v) is 8.58. The molecular formula is C22H24N2O6S2. The van der Waals surface area contributed by atoms with Gasteiger partial charge in [0.25, 0.3) is 5.56 Å². The average molecular weight is 477 g/mol. The topological polar surface area (TPSA) is 103 Å². The van der Waals surface area contributed by atoms with Crippen LogP contribution in [0.15, 0.2) is 75.4 Å². The summed E-state index contributed by atoms with van der Waals surface area (Å²) in [6.45, 7) is 0.726. The third-order valence-electron chi connectivity index (χ3n) is 5.51. The maximum absolute atomic E-state index is 12.6. The van der Waals surface area contributed by atoms with Crippen LogP contribution in [-0.2, 0) is 19.9 Å². The smallest absolute Gasteiger partial charge is 0.258 e. The van der Waals surface area contributed by atoms with Gasteiger partial charge in [0.1, 0.15) is 11.9 Å². The van der Waals surface area contributed by atoms with Crippen LogP contribution in [0.3, 0.4) is 0 Å². The molecule has 0 bridgehead atoms. The summed E-state index contributed by atoms with van der Waals surface area (Å²) in [5.74, 6) is 0.418. The lowest BCUT2D eigenvalue weighted by molar-refractivity contribution is 0.135. The van der Waals surface area contributed by atoms with E-state index in [-0.39, 0.29) is 16.6 Å². The molecule has 32 heavy (non-hydrogen) atoms. The van der Waals surface area contributed by atoms with Gasteiger partial charge in [0.05, 0.1) is 9.80 Å². The Morgan fingerprint density at radius 3 is 2.25 bits per heavy atom. The fourth-order valence-corrected chi connectivity index (χ4v) is 5.96. The molecular weight excluding hydrogens is 452 g/mol. The van der Waals surface area contributed by atoms with Gasteiger partial charge in [-0.3, -0.25) is 9.36 Å². The molecule has 2 aromatic rings. The van der Waals surface area contributed by atoms with Crippen molar-refractivity contribution in [1.82, 2.24) is 8.87 Å². The summed E-state index contributed by atoms with van der Waals surface area (Å²) >= 11 is 0. The molecule has 10 heteroatoms. The molecule has 0 atom stereocenters. The molecule has 8 nitrogen and oxygen atoms in total. The van der Waals surface area contributed by atoms with E-state index in [9.17, 15) is 21.6 Å². The fourth-order valence-electron chi connectivity index (χ4n) is 3.76. The Hall–Kier alpha value is -2.69. The van der Waals surface area contributed by atoms with Crippen LogP contribution in [0, 0.1) is 0 Å². The van der Waals surface area contributed by atoms with Gasteiger partial charge in [-0.2, -0.15) is 4.31 Å². The van der Waals surface area contributed by atoms with Crippen molar-refractivity contribution in [2.24, 2.45) is 0 Å². The molecule has 1 saturated heterocycles. The quantitative estimate of drug-likeness (QED) is 0.634. The van der Waals surface area contributed by atoms with E-state index in [1.807, 2.05) is 6.08 Å². The van der Waals surface area contributed by atoms with Gasteiger partial charge in [-0.15, -0.1) is 0 Å². The number of nitrogens with zero attached hydrogens (tertiary/aromatic N) is 2. The lowest BCUT2D eigenvalue weighted by atomic mass is 10.1. The van der Waals surface area contributed by atoms with Gasteiger partial charge < -0.3 is 4.74 Å². The molecule has 170 valence electrons. The van der Waals surface area contributed by atoms with Crippen LogP contribution in [0.2, 0.25) is 0 Å². The van der Waals surface area contributed by atoms with Crippen molar-refractivity contribution in [2.45, 2.75) is 30.3 Å². The Labute approximate surface area is 187 Å². The van der Waals surface area contributed by atoms with E-state index in [0.29, 0.717) is 48.7 Å². The highest BCUT2D eigenvalue weighted by Crippen LogP contribution is 2.25. The highest BCUT2D eigenvalue weighted by atomic mass is 32.2. The first-order chi connectivity index (χ1) is 15.1. The highest BCUT2D eigenvalue weighted by Gasteiger charge is 2.31. The molecule has 1 aliphatic carbocycles. The third kappa shape index (κ3) is 4.72.